The van der Waals surface area contributed by atoms with E-state index in [2.05, 4.69) is 50.4 Å². The Bertz CT molecular complexity index is 845. The summed E-state index contributed by atoms with van der Waals surface area (Å²) in [6.07, 6.45) is 5.26. The number of imide groups is 1. The second kappa shape index (κ2) is 8.29. The van der Waals surface area contributed by atoms with Crippen molar-refractivity contribution >= 4 is 17.8 Å². The van der Waals surface area contributed by atoms with Crippen LogP contribution in [0.15, 0.2) is 30.3 Å². The van der Waals surface area contributed by atoms with Crippen LogP contribution in [0.3, 0.4) is 0 Å². The third-order valence-electron chi connectivity index (χ3n) is 7.25. The Balaban J connectivity index is 1.34. The van der Waals surface area contributed by atoms with Gasteiger partial charge in [0.25, 0.3) is 5.91 Å². The largest absolute Gasteiger partial charge is 0.341 e. The predicted octanol–water partition coefficient (Wildman–Crippen LogP) is 3.60. The van der Waals surface area contributed by atoms with E-state index in [1.165, 1.54) is 5.56 Å². The molecule has 2 saturated heterocycles. The number of urea groups is 1. The average molecular weight is 426 g/mol. The van der Waals surface area contributed by atoms with Gasteiger partial charge in [0.15, 0.2) is 0 Å². The fourth-order valence-electron chi connectivity index (χ4n) is 6.22. The first-order valence-electron chi connectivity index (χ1n) is 11.6. The molecular weight excluding hydrogens is 390 g/mol. The second-order valence-corrected chi connectivity index (χ2v) is 10.8. The average Bonchev–Trinajstić information content (AvgIpc) is 2.91. The van der Waals surface area contributed by atoms with Gasteiger partial charge < -0.3 is 10.2 Å². The standard InChI is InChI=1S/C25H35N3O3/c1-18-14-24(2,3)17-25(15-18)22(30)28(23(31)26-25)16-21(29)27-11-9-20(10-12-27)13-19-7-5-4-6-8-19/h4-8,18,20H,9-17H2,1-3H3,(H,26,31). The van der Waals surface area contributed by atoms with Crippen molar-refractivity contribution in [3.8, 4) is 0 Å². The lowest BCUT2D eigenvalue weighted by atomic mass is 9.64. The topological polar surface area (TPSA) is 69.7 Å². The van der Waals surface area contributed by atoms with Gasteiger partial charge in [0, 0.05) is 13.1 Å². The van der Waals surface area contributed by atoms with Gasteiger partial charge in [0.05, 0.1) is 0 Å². The minimum Gasteiger partial charge on any atom is -0.341 e. The molecule has 2 aliphatic heterocycles. The number of carbonyl (C=O) groups excluding carboxylic acids is 3. The molecule has 2 unspecified atom stereocenters. The summed E-state index contributed by atoms with van der Waals surface area (Å²) in [5.74, 6) is 0.580. The zero-order valence-electron chi connectivity index (χ0n) is 19.0. The first-order chi connectivity index (χ1) is 14.7. The van der Waals surface area contributed by atoms with Crippen molar-refractivity contribution in [2.75, 3.05) is 19.6 Å². The van der Waals surface area contributed by atoms with Crippen molar-refractivity contribution in [2.45, 2.75) is 64.8 Å². The highest BCUT2D eigenvalue weighted by molar-refractivity contribution is 6.09. The molecule has 4 amide bonds. The number of amides is 4. The number of hydrogen-bond acceptors (Lipinski definition) is 3. The molecule has 1 spiro atoms. The second-order valence-electron chi connectivity index (χ2n) is 10.8. The highest BCUT2D eigenvalue weighted by Gasteiger charge is 2.56. The van der Waals surface area contributed by atoms with E-state index in [1.807, 2.05) is 11.0 Å². The number of nitrogens with zero attached hydrogens (tertiary/aromatic N) is 2. The fourth-order valence-corrected chi connectivity index (χ4v) is 6.22. The Morgan fingerprint density at radius 3 is 2.42 bits per heavy atom. The van der Waals surface area contributed by atoms with Gasteiger partial charge in [-0.05, 0) is 61.3 Å². The van der Waals surface area contributed by atoms with Gasteiger partial charge in [-0.2, -0.15) is 0 Å². The third kappa shape index (κ3) is 4.63. The molecule has 31 heavy (non-hydrogen) atoms. The van der Waals surface area contributed by atoms with E-state index in [4.69, 9.17) is 0 Å². The molecule has 1 saturated carbocycles. The number of carbonyl (C=O) groups is 3. The monoisotopic (exact) mass is 425 g/mol. The quantitative estimate of drug-likeness (QED) is 0.750. The third-order valence-corrected chi connectivity index (χ3v) is 7.25. The molecule has 3 aliphatic rings. The molecule has 4 rings (SSSR count). The van der Waals surface area contributed by atoms with Crippen LogP contribution in [-0.4, -0.2) is 52.8 Å². The zero-order chi connectivity index (χ0) is 22.2. The number of benzene rings is 1. The van der Waals surface area contributed by atoms with Gasteiger partial charge in [0.2, 0.25) is 5.91 Å². The maximum absolute atomic E-state index is 13.3. The summed E-state index contributed by atoms with van der Waals surface area (Å²) in [6, 6.07) is 10.0. The number of likely N-dealkylation sites (tertiary alicyclic amines) is 1. The Kier molecular flexibility index (Phi) is 5.84. The van der Waals surface area contributed by atoms with E-state index < -0.39 is 11.6 Å². The molecule has 0 aromatic heterocycles. The van der Waals surface area contributed by atoms with Gasteiger partial charge in [-0.3, -0.25) is 14.5 Å². The van der Waals surface area contributed by atoms with E-state index in [1.54, 1.807) is 0 Å². The van der Waals surface area contributed by atoms with E-state index in [0.29, 0.717) is 37.8 Å². The van der Waals surface area contributed by atoms with Crippen molar-refractivity contribution in [3.05, 3.63) is 35.9 Å². The van der Waals surface area contributed by atoms with Crippen molar-refractivity contribution < 1.29 is 14.4 Å². The van der Waals surface area contributed by atoms with Crippen LogP contribution in [-0.2, 0) is 16.0 Å². The highest BCUT2D eigenvalue weighted by Crippen LogP contribution is 2.46. The van der Waals surface area contributed by atoms with Crippen LogP contribution >= 0.6 is 0 Å². The lowest BCUT2D eigenvalue weighted by Crippen LogP contribution is -2.54. The number of nitrogens with one attached hydrogen (secondary N) is 1. The predicted molar refractivity (Wildman–Crippen MR) is 119 cm³/mol. The SMILES string of the molecule is CC1CC(C)(C)CC2(C1)NC(=O)N(CC(=O)N1CCC(Cc3ccccc3)CC1)C2=O. The summed E-state index contributed by atoms with van der Waals surface area (Å²) >= 11 is 0. The summed E-state index contributed by atoms with van der Waals surface area (Å²) in [5.41, 5.74) is 0.476. The van der Waals surface area contributed by atoms with E-state index in [0.717, 1.165) is 30.6 Å². The Morgan fingerprint density at radius 1 is 1.10 bits per heavy atom. The maximum Gasteiger partial charge on any atom is 0.325 e. The molecule has 2 atom stereocenters. The van der Waals surface area contributed by atoms with E-state index in [-0.39, 0.29) is 23.8 Å². The lowest BCUT2D eigenvalue weighted by molar-refractivity contribution is -0.141. The van der Waals surface area contributed by atoms with Gasteiger partial charge >= 0.3 is 6.03 Å². The van der Waals surface area contributed by atoms with Crippen LogP contribution in [0.5, 0.6) is 0 Å². The fraction of sp³-hybridized carbons (Fsp3) is 0.640. The van der Waals surface area contributed by atoms with Crippen molar-refractivity contribution in [3.63, 3.8) is 0 Å². The van der Waals surface area contributed by atoms with E-state index in [9.17, 15) is 14.4 Å². The number of piperidine rings is 1. The van der Waals surface area contributed by atoms with Crippen LogP contribution in [0.25, 0.3) is 0 Å². The Hall–Kier alpha value is -2.37. The normalized spacial score (nSPS) is 28.8. The Labute approximate surface area is 185 Å². The highest BCUT2D eigenvalue weighted by atomic mass is 16.2. The summed E-state index contributed by atoms with van der Waals surface area (Å²) in [5, 5.41) is 2.96. The summed E-state index contributed by atoms with van der Waals surface area (Å²) in [7, 11) is 0. The lowest BCUT2D eigenvalue weighted by Gasteiger charge is -2.43. The van der Waals surface area contributed by atoms with Crippen molar-refractivity contribution in [1.82, 2.24) is 15.1 Å². The smallest absolute Gasteiger partial charge is 0.325 e. The molecule has 1 N–H and O–H groups in total. The van der Waals surface area contributed by atoms with E-state index >= 15 is 0 Å². The van der Waals surface area contributed by atoms with Gasteiger partial charge in [0.1, 0.15) is 12.1 Å². The first-order valence-corrected chi connectivity index (χ1v) is 11.6. The summed E-state index contributed by atoms with van der Waals surface area (Å²) in [4.78, 5) is 41.8. The minimum atomic E-state index is -0.846. The zero-order valence-corrected chi connectivity index (χ0v) is 19.0. The van der Waals surface area contributed by atoms with Crippen LogP contribution in [0, 0.1) is 17.3 Å². The van der Waals surface area contributed by atoms with Gasteiger partial charge in [-0.1, -0.05) is 51.1 Å². The van der Waals surface area contributed by atoms with Gasteiger partial charge in [-0.15, -0.1) is 0 Å². The summed E-state index contributed by atoms with van der Waals surface area (Å²) < 4.78 is 0. The molecular formula is C25H35N3O3. The van der Waals surface area contributed by atoms with Crippen LogP contribution in [0.4, 0.5) is 4.79 Å². The molecule has 1 aromatic carbocycles. The number of rotatable bonds is 4. The molecule has 168 valence electrons. The van der Waals surface area contributed by atoms with Crippen molar-refractivity contribution in [1.29, 1.82) is 0 Å². The van der Waals surface area contributed by atoms with Crippen LogP contribution in [0.2, 0.25) is 0 Å². The molecule has 2 heterocycles. The van der Waals surface area contributed by atoms with Gasteiger partial charge in [-0.25, -0.2) is 4.79 Å². The molecule has 1 aliphatic carbocycles. The Morgan fingerprint density at radius 2 is 1.77 bits per heavy atom. The number of hydrogen-bond donors (Lipinski definition) is 1. The van der Waals surface area contributed by atoms with Crippen LogP contribution < -0.4 is 5.32 Å². The van der Waals surface area contributed by atoms with Crippen LogP contribution in [0.1, 0.15) is 58.4 Å². The molecule has 3 fully saturated rings. The van der Waals surface area contributed by atoms with Crippen molar-refractivity contribution in [2.24, 2.45) is 17.3 Å². The molecule has 0 radical (unpaired) electrons. The first kappa shape index (κ1) is 21.8. The minimum absolute atomic E-state index is 0.0126. The summed E-state index contributed by atoms with van der Waals surface area (Å²) in [6.45, 7) is 7.67. The molecule has 6 nitrogen and oxygen atoms in total. The molecule has 1 aromatic rings. The maximum atomic E-state index is 13.3. The molecule has 6 heteroatoms. The molecule has 0 bridgehead atoms.